The van der Waals surface area contributed by atoms with Crippen molar-refractivity contribution >= 4 is 34.7 Å². The zero-order chi connectivity index (χ0) is 8.27. The van der Waals surface area contributed by atoms with Gasteiger partial charge >= 0.3 is 0 Å². The molecule has 0 atom stereocenters. The number of benzene rings is 1. The van der Waals surface area contributed by atoms with Gasteiger partial charge in [0.2, 0.25) is 6.41 Å². The first-order chi connectivity index (χ1) is 5.24. The average molecular weight is 261 g/mol. The Bertz CT molecular complexity index is 273. The van der Waals surface area contributed by atoms with Gasteiger partial charge in [-0.1, -0.05) is 6.07 Å². The molecule has 0 saturated heterocycles. The summed E-state index contributed by atoms with van der Waals surface area (Å²) in [6, 6.07) is 5.88. The van der Waals surface area contributed by atoms with Gasteiger partial charge in [0.15, 0.2) is 0 Å². The quantitative estimate of drug-likeness (QED) is 0.641. The van der Waals surface area contributed by atoms with Gasteiger partial charge in [-0.05, 0) is 47.2 Å². The van der Waals surface area contributed by atoms with E-state index in [1.165, 1.54) is 5.56 Å². The first kappa shape index (κ1) is 8.52. The summed E-state index contributed by atoms with van der Waals surface area (Å²) in [6.07, 6.45) is 0.687. The molecule has 0 heterocycles. The smallest absolute Gasteiger partial charge is 0.211 e. The fraction of sp³-hybridized carbons (Fsp3) is 0.125. The van der Waals surface area contributed by atoms with Crippen LogP contribution in [-0.4, -0.2) is 6.41 Å². The maximum Gasteiger partial charge on any atom is 0.211 e. The molecule has 0 unspecified atom stereocenters. The Balaban J connectivity index is 2.98. The zero-order valence-corrected chi connectivity index (χ0v) is 8.25. The molecule has 1 N–H and O–H groups in total. The molecule has 0 aliphatic carbocycles. The second-order valence-electron chi connectivity index (χ2n) is 2.25. The van der Waals surface area contributed by atoms with Crippen LogP contribution in [0.2, 0.25) is 0 Å². The van der Waals surface area contributed by atoms with E-state index in [-0.39, 0.29) is 0 Å². The lowest BCUT2D eigenvalue weighted by atomic mass is 10.2. The van der Waals surface area contributed by atoms with Crippen molar-refractivity contribution in [1.82, 2.24) is 0 Å². The maximum absolute atomic E-state index is 10.1. The van der Waals surface area contributed by atoms with Crippen LogP contribution >= 0.6 is 22.6 Å². The normalized spacial score (nSPS) is 9.27. The van der Waals surface area contributed by atoms with E-state index in [1.54, 1.807) is 0 Å². The number of nitrogens with one attached hydrogen (secondary N) is 1. The molecule has 1 amide bonds. The minimum absolute atomic E-state index is 0.687. The molecule has 2 nitrogen and oxygen atoms in total. The monoisotopic (exact) mass is 261 g/mol. The molecule has 1 aromatic rings. The Morgan fingerprint density at radius 2 is 2.27 bits per heavy atom. The summed E-state index contributed by atoms with van der Waals surface area (Å²) in [5.41, 5.74) is 2.07. The Morgan fingerprint density at radius 1 is 1.55 bits per heavy atom. The molecule has 0 spiro atoms. The van der Waals surface area contributed by atoms with Gasteiger partial charge in [-0.25, -0.2) is 0 Å². The van der Waals surface area contributed by atoms with E-state index in [0.29, 0.717) is 6.41 Å². The van der Waals surface area contributed by atoms with E-state index >= 15 is 0 Å². The standard InChI is InChI=1S/C8H8INO/c1-6-2-3-8(10-5-11)7(9)4-6/h2-5H,1H3,(H,10,11). The summed E-state index contributed by atoms with van der Waals surface area (Å²) in [5, 5.41) is 2.61. The molecular formula is C8H8INO. The highest BCUT2D eigenvalue weighted by Gasteiger charge is 1.96. The van der Waals surface area contributed by atoms with Gasteiger partial charge in [0, 0.05) is 3.57 Å². The molecule has 0 bridgehead atoms. The number of carbonyl (C=O) groups excluding carboxylic acids is 1. The van der Waals surface area contributed by atoms with E-state index in [0.717, 1.165) is 9.26 Å². The van der Waals surface area contributed by atoms with E-state index in [9.17, 15) is 4.79 Å². The number of amides is 1. The number of rotatable bonds is 2. The number of carbonyl (C=O) groups is 1. The summed E-state index contributed by atoms with van der Waals surface area (Å²) in [5.74, 6) is 0. The first-order valence-electron chi connectivity index (χ1n) is 3.20. The van der Waals surface area contributed by atoms with Crippen LogP contribution in [-0.2, 0) is 4.79 Å². The molecule has 1 aromatic carbocycles. The fourth-order valence-electron chi connectivity index (χ4n) is 0.801. The Kier molecular flexibility index (Phi) is 2.87. The highest BCUT2D eigenvalue weighted by Crippen LogP contribution is 2.18. The molecule has 11 heavy (non-hydrogen) atoms. The van der Waals surface area contributed by atoms with Gasteiger partial charge in [-0.3, -0.25) is 4.79 Å². The molecule has 0 aromatic heterocycles. The van der Waals surface area contributed by atoms with Crippen molar-refractivity contribution in [1.29, 1.82) is 0 Å². The number of aryl methyl sites for hydroxylation is 1. The summed E-state index contributed by atoms with van der Waals surface area (Å²) in [4.78, 5) is 10.1. The second kappa shape index (κ2) is 3.71. The third-order valence-corrected chi connectivity index (χ3v) is 2.23. The van der Waals surface area contributed by atoms with E-state index < -0.39 is 0 Å². The molecule has 0 saturated carbocycles. The average Bonchev–Trinajstić information content (AvgIpc) is 1.95. The summed E-state index contributed by atoms with van der Waals surface area (Å²) >= 11 is 2.19. The predicted octanol–water partition coefficient (Wildman–Crippen LogP) is 2.17. The lowest BCUT2D eigenvalue weighted by molar-refractivity contribution is -0.105. The van der Waals surface area contributed by atoms with Gasteiger partial charge in [0.05, 0.1) is 5.69 Å². The van der Waals surface area contributed by atoms with Gasteiger partial charge in [0.1, 0.15) is 0 Å². The van der Waals surface area contributed by atoms with Gasteiger partial charge in [0.25, 0.3) is 0 Å². The number of hydrogen-bond acceptors (Lipinski definition) is 1. The predicted molar refractivity (Wildman–Crippen MR) is 53.6 cm³/mol. The van der Waals surface area contributed by atoms with Crippen LogP contribution in [0.5, 0.6) is 0 Å². The molecule has 0 aliphatic heterocycles. The summed E-state index contributed by atoms with van der Waals surface area (Å²) < 4.78 is 1.06. The highest BCUT2D eigenvalue weighted by atomic mass is 127. The maximum atomic E-state index is 10.1. The second-order valence-corrected chi connectivity index (χ2v) is 3.41. The summed E-state index contributed by atoms with van der Waals surface area (Å²) in [7, 11) is 0. The van der Waals surface area contributed by atoms with Crippen molar-refractivity contribution in [3.05, 3.63) is 27.3 Å². The highest BCUT2D eigenvalue weighted by molar-refractivity contribution is 14.1. The number of anilines is 1. The SMILES string of the molecule is Cc1ccc(NC=O)c(I)c1. The minimum Gasteiger partial charge on any atom is -0.328 e. The first-order valence-corrected chi connectivity index (χ1v) is 4.28. The van der Waals surface area contributed by atoms with Crippen LogP contribution in [0.4, 0.5) is 5.69 Å². The van der Waals surface area contributed by atoms with Crippen LogP contribution in [0.3, 0.4) is 0 Å². The van der Waals surface area contributed by atoms with E-state index in [2.05, 4.69) is 27.9 Å². The molecule has 0 aliphatic rings. The van der Waals surface area contributed by atoms with Crippen molar-refractivity contribution in [2.75, 3.05) is 5.32 Å². The molecule has 1 rings (SSSR count). The number of halogens is 1. The fourth-order valence-corrected chi connectivity index (χ4v) is 1.63. The Hall–Kier alpha value is -0.580. The lowest BCUT2D eigenvalue weighted by Crippen LogP contribution is -1.95. The molecule has 0 radical (unpaired) electrons. The van der Waals surface area contributed by atoms with Crippen LogP contribution in [0.25, 0.3) is 0 Å². The Labute approximate surface area is 79.1 Å². The minimum atomic E-state index is 0.687. The van der Waals surface area contributed by atoms with Crippen LogP contribution in [0.15, 0.2) is 18.2 Å². The molecule has 3 heteroatoms. The Morgan fingerprint density at radius 3 is 2.82 bits per heavy atom. The van der Waals surface area contributed by atoms with E-state index in [1.807, 2.05) is 25.1 Å². The largest absolute Gasteiger partial charge is 0.328 e. The summed E-state index contributed by atoms with van der Waals surface area (Å²) in [6.45, 7) is 2.02. The van der Waals surface area contributed by atoms with Crippen molar-refractivity contribution in [2.24, 2.45) is 0 Å². The third kappa shape index (κ3) is 2.18. The zero-order valence-electron chi connectivity index (χ0n) is 6.10. The van der Waals surface area contributed by atoms with Crippen molar-refractivity contribution in [2.45, 2.75) is 6.92 Å². The van der Waals surface area contributed by atoms with Gasteiger partial charge in [-0.2, -0.15) is 0 Å². The van der Waals surface area contributed by atoms with Crippen LogP contribution < -0.4 is 5.32 Å². The number of hydrogen-bond donors (Lipinski definition) is 1. The molecule has 0 fully saturated rings. The van der Waals surface area contributed by atoms with Crippen LogP contribution in [0, 0.1) is 10.5 Å². The van der Waals surface area contributed by atoms with Crippen molar-refractivity contribution in [3.63, 3.8) is 0 Å². The molecule has 58 valence electrons. The van der Waals surface area contributed by atoms with Gasteiger partial charge in [-0.15, -0.1) is 0 Å². The lowest BCUT2D eigenvalue weighted by Gasteiger charge is -2.01. The molecular weight excluding hydrogens is 253 g/mol. The third-order valence-electron chi connectivity index (χ3n) is 1.34. The van der Waals surface area contributed by atoms with Crippen LogP contribution in [0.1, 0.15) is 5.56 Å². The van der Waals surface area contributed by atoms with Gasteiger partial charge < -0.3 is 5.32 Å². The van der Waals surface area contributed by atoms with Crippen molar-refractivity contribution < 1.29 is 4.79 Å². The van der Waals surface area contributed by atoms with E-state index in [4.69, 9.17) is 0 Å². The topological polar surface area (TPSA) is 29.1 Å². The van der Waals surface area contributed by atoms with Crippen molar-refractivity contribution in [3.8, 4) is 0 Å².